The Labute approximate surface area is 179 Å². The van der Waals surface area contributed by atoms with Gasteiger partial charge in [0.05, 0.1) is 24.7 Å². The fraction of sp³-hybridized carbons (Fsp3) is 0.292. The lowest BCUT2D eigenvalue weighted by atomic mass is 10.2. The first-order valence-electron chi connectivity index (χ1n) is 10.6. The van der Waals surface area contributed by atoms with Crippen LogP contribution in [0.15, 0.2) is 70.5 Å². The molecule has 3 heterocycles. The Kier molecular flexibility index (Phi) is 5.03. The van der Waals surface area contributed by atoms with Gasteiger partial charge in [0.1, 0.15) is 0 Å². The van der Waals surface area contributed by atoms with Gasteiger partial charge in [0.15, 0.2) is 11.2 Å². The van der Waals surface area contributed by atoms with E-state index in [4.69, 9.17) is 4.74 Å². The number of aryl methyl sites for hydroxylation is 1. The number of rotatable bonds is 5. The lowest BCUT2D eigenvalue weighted by Crippen LogP contribution is -2.42. The van der Waals surface area contributed by atoms with Gasteiger partial charge in [0.2, 0.25) is 0 Å². The second-order valence-electron chi connectivity index (χ2n) is 7.99. The normalized spacial score (nSPS) is 16.2. The lowest BCUT2D eigenvalue weighted by molar-refractivity contribution is 0.0950. The third-order valence-electron chi connectivity index (χ3n) is 5.86. The van der Waals surface area contributed by atoms with Crippen molar-refractivity contribution in [2.45, 2.75) is 39.0 Å². The summed E-state index contributed by atoms with van der Waals surface area (Å²) in [6.07, 6.45) is 3.31. The summed E-state index contributed by atoms with van der Waals surface area (Å²) in [5.74, 6) is 0. The van der Waals surface area contributed by atoms with Crippen LogP contribution < -0.4 is 11.2 Å². The van der Waals surface area contributed by atoms with Gasteiger partial charge in [-0.2, -0.15) is 0 Å². The monoisotopic (exact) mass is 416 g/mol. The molecule has 0 aliphatic carbocycles. The minimum Gasteiger partial charge on any atom is -0.376 e. The molecule has 0 N–H and O–H groups in total. The Hall–Kier alpha value is -3.45. The van der Waals surface area contributed by atoms with Crippen molar-refractivity contribution in [1.82, 2.24) is 18.7 Å². The first-order chi connectivity index (χ1) is 15.1. The van der Waals surface area contributed by atoms with Crippen molar-refractivity contribution in [2.75, 3.05) is 6.61 Å². The van der Waals surface area contributed by atoms with Gasteiger partial charge in [-0.3, -0.25) is 9.36 Å². The van der Waals surface area contributed by atoms with Crippen molar-refractivity contribution in [3.8, 4) is 5.69 Å². The predicted molar refractivity (Wildman–Crippen MR) is 119 cm³/mol. The second-order valence-corrected chi connectivity index (χ2v) is 7.99. The molecule has 0 saturated carbocycles. The first-order valence-corrected chi connectivity index (χ1v) is 10.6. The molecular formula is C24H24N4O3. The summed E-state index contributed by atoms with van der Waals surface area (Å²) in [6.45, 7) is 3.36. The number of ether oxygens (including phenoxy) is 1. The summed E-state index contributed by atoms with van der Waals surface area (Å²) < 4.78 is 10.4. The van der Waals surface area contributed by atoms with Gasteiger partial charge in [-0.25, -0.2) is 14.3 Å². The third-order valence-corrected chi connectivity index (χ3v) is 5.86. The molecule has 1 atom stereocenters. The summed E-state index contributed by atoms with van der Waals surface area (Å²) in [5, 5.41) is 0. The second kappa shape index (κ2) is 8.00. The highest BCUT2D eigenvalue weighted by Crippen LogP contribution is 2.18. The Morgan fingerprint density at radius 2 is 1.84 bits per heavy atom. The van der Waals surface area contributed by atoms with Crippen LogP contribution in [0.2, 0.25) is 0 Å². The molecule has 158 valence electrons. The number of nitrogens with zero attached hydrogens (tertiary/aromatic N) is 4. The van der Waals surface area contributed by atoms with Gasteiger partial charge in [-0.15, -0.1) is 0 Å². The molecule has 1 aliphatic rings. The van der Waals surface area contributed by atoms with Crippen LogP contribution in [-0.2, 0) is 17.8 Å². The molecule has 7 nitrogen and oxygen atoms in total. The van der Waals surface area contributed by atoms with Crippen LogP contribution in [-0.4, -0.2) is 31.4 Å². The molecule has 2 aromatic carbocycles. The molecular weight excluding hydrogens is 392 g/mol. The molecule has 1 saturated heterocycles. The third kappa shape index (κ3) is 3.51. The van der Waals surface area contributed by atoms with Crippen LogP contribution in [0.25, 0.3) is 16.9 Å². The maximum absolute atomic E-state index is 13.5. The standard InChI is InChI=1S/C24H24N4O3/c1-17-8-5-6-12-20(17)28-22-21(26(16-25-22)14-18-9-3-2-4-10-18)23(29)27(24(28)30)15-19-11-7-13-31-19/h2-6,8-10,12,16,19H,7,11,13-15H2,1H3. The van der Waals surface area contributed by atoms with Crippen molar-refractivity contribution in [3.05, 3.63) is 92.9 Å². The average molecular weight is 416 g/mol. The minimum absolute atomic E-state index is 0.126. The van der Waals surface area contributed by atoms with E-state index < -0.39 is 0 Å². The summed E-state index contributed by atoms with van der Waals surface area (Å²) in [6, 6.07) is 17.6. The zero-order valence-corrected chi connectivity index (χ0v) is 17.4. The zero-order chi connectivity index (χ0) is 21.4. The Morgan fingerprint density at radius 3 is 2.58 bits per heavy atom. The van der Waals surface area contributed by atoms with Crippen molar-refractivity contribution in [3.63, 3.8) is 0 Å². The van der Waals surface area contributed by atoms with E-state index >= 15 is 0 Å². The van der Waals surface area contributed by atoms with Crippen molar-refractivity contribution >= 4 is 11.2 Å². The van der Waals surface area contributed by atoms with E-state index in [2.05, 4.69) is 4.98 Å². The largest absolute Gasteiger partial charge is 0.376 e. The number of hydrogen-bond acceptors (Lipinski definition) is 4. The molecule has 4 aromatic rings. The van der Waals surface area contributed by atoms with Gasteiger partial charge in [-0.05, 0) is 37.0 Å². The maximum atomic E-state index is 13.5. The van der Waals surface area contributed by atoms with E-state index in [9.17, 15) is 9.59 Å². The molecule has 7 heteroatoms. The summed E-state index contributed by atoms with van der Waals surface area (Å²) in [5.41, 5.74) is 2.81. The van der Waals surface area contributed by atoms with E-state index in [0.29, 0.717) is 24.3 Å². The van der Waals surface area contributed by atoms with E-state index in [1.807, 2.05) is 66.1 Å². The molecule has 31 heavy (non-hydrogen) atoms. The molecule has 0 spiro atoms. The minimum atomic E-state index is -0.382. The van der Waals surface area contributed by atoms with Gasteiger partial charge in [0, 0.05) is 13.2 Å². The number of hydrogen-bond donors (Lipinski definition) is 0. The van der Waals surface area contributed by atoms with E-state index in [1.54, 1.807) is 10.9 Å². The van der Waals surface area contributed by atoms with Gasteiger partial charge in [0.25, 0.3) is 5.56 Å². The fourth-order valence-corrected chi connectivity index (χ4v) is 4.26. The van der Waals surface area contributed by atoms with E-state index in [0.717, 1.165) is 29.7 Å². The van der Waals surface area contributed by atoms with Crippen LogP contribution in [0.1, 0.15) is 24.0 Å². The van der Waals surface area contributed by atoms with Crippen LogP contribution in [0.5, 0.6) is 0 Å². The summed E-state index contributed by atoms with van der Waals surface area (Å²) in [4.78, 5) is 31.6. The van der Waals surface area contributed by atoms with Crippen LogP contribution in [0.3, 0.4) is 0 Å². The van der Waals surface area contributed by atoms with Gasteiger partial charge < -0.3 is 9.30 Å². The highest BCUT2D eigenvalue weighted by molar-refractivity contribution is 5.73. The van der Waals surface area contributed by atoms with Crippen LogP contribution in [0, 0.1) is 6.92 Å². The molecule has 1 unspecified atom stereocenters. The smallest absolute Gasteiger partial charge is 0.337 e. The lowest BCUT2D eigenvalue weighted by Gasteiger charge is -2.16. The van der Waals surface area contributed by atoms with Gasteiger partial charge >= 0.3 is 5.69 Å². The predicted octanol–water partition coefficient (Wildman–Crippen LogP) is 2.88. The van der Waals surface area contributed by atoms with Crippen molar-refractivity contribution in [1.29, 1.82) is 0 Å². The number of benzene rings is 2. The van der Waals surface area contributed by atoms with Crippen molar-refractivity contribution < 1.29 is 4.74 Å². The van der Waals surface area contributed by atoms with Crippen molar-refractivity contribution in [2.24, 2.45) is 0 Å². The number of para-hydroxylation sites is 1. The summed E-state index contributed by atoms with van der Waals surface area (Å²) >= 11 is 0. The maximum Gasteiger partial charge on any atom is 0.337 e. The number of aromatic nitrogens is 4. The highest BCUT2D eigenvalue weighted by Gasteiger charge is 2.23. The van der Waals surface area contributed by atoms with Crippen LogP contribution in [0.4, 0.5) is 0 Å². The van der Waals surface area contributed by atoms with E-state index in [1.165, 1.54) is 4.57 Å². The zero-order valence-electron chi connectivity index (χ0n) is 17.4. The fourth-order valence-electron chi connectivity index (χ4n) is 4.26. The van der Waals surface area contributed by atoms with E-state index in [-0.39, 0.29) is 23.9 Å². The molecule has 5 rings (SSSR count). The highest BCUT2D eigenvalue weighted by atomic mass is 16.5. The average Bonchev–Trinajstić information content (AvgIpc) is 3.44. The Morgan fingerprint density at radius 1 is 1.06 bits per heavy atom. The number of imidazole rings is 1. The Balaban J connectivity index is 1.75. The molecule has 0 amide bonds. The number of fused-ring (bicyclic) bond motifs is 1. The topological polar surface area (TPSA) is 71.1 Å². The van der Waals surface area contributed by atoms with Gasteiger partial charge in [-0.1, -0.05) is 48.5 Å². The first kappa shape index (κ1) is 19.5. The molecule has 0 radical (unpaired) electrons. The molecule has 2 aromatic heterocycles. The summed E-state index contributed by atoms with van der Waals surface area (Å²) in [7, 11) is 0. The SMILES string of the molecule is Cc1ccccc1-n1c(=O)n(CC2CCCO2)c(=O)c2c1ncn2Cc1ccccc1. The molecule has 1 aliphatic heterocycles. The molecule has 1 fully saturated rings. The quantitative estimate of drug-likeness (QED) is 0.502. The molecule has 0 bridgehead atoms. The Bertz CT molecular complexity index is 1350. The van der Waals surface area contributed by atoms with Crippen LogP contribution >= 0.6 is 0 Å².